The number of rotatable bonds is 3. The number of aryl methyl sites for hydroxylation is 2. The first-order chi connectivity index (χ1) is 9.75. The third-order valence-electron chi connectivity index (χ3n) is 3.89. The number of benzene rings is 3. The summed E-state index contributed by atoms with van der Waals surface area (Å²) in [6.07, 6.45) is 0. The van der Waals surface area contributed by atoms with Gasteiger partial charge in [0.15, 0.2) is 0 Å². The van der Waals surface area contributed by atoms with Crippen LogP contribution in [0.3, 0.4) is 0 Å². The van der Waals surface area contributed by atoms with Gasteiger partial charge in [-0.2, -0.15) is 0 Å². The molecule has 0 aliphatic carbocycles. The molecule has 0 unspecified atom stereocenters. The molecule has 1 N–H and O–H groups in total. The second-order valence-electron chi connectivity index (χ2n) is 5.25. The van der Waals surface area contributed by atoms with Gasteiger partial charge < -0.3 is 5.32 Å². The fourth-order valence-corrected chi connectivity index (χ4v) is 2.69. The number of hydrogen-bond donors (Lipinski definition) is 1. The van der Waals surface area contributed by atoms with Gasteiger partial charge in [0.2, 0.25) is 0 Å². The average molecular weight is 261 g/mol. The van der Waals surface area contributed by atoms with Gasteiger partial charge >= 0.3 is 0 Å². The van der Waals surface area contributed by atoms with E-state index in [9.17, 15) is 0 Å². The van der Waals surface area contributed by atoms with Crippen molar-refractivity contribution in [2.45, 2.75) is 20.4 Å². The Bertz CT molecular complexity index is 718. The fraction of sp³-hybridized carbons (Fsp3) is 0.158. The highest BCUT2D eigenvalue weighted by Crippen LogP contribution is 2.24. The molecule has 0 atom stereocenters. The van der Waals surface area contributed by atoms with Crippen molar-refractivity contribution in [1.29, 1.82) is 0 Å². The van der Waals surface area contributed by atoms with Crippen molar-refractivity contribution >= 4 is 16.5 Å². The molecule has 3 aromatic rings. The lowest BCUT2D eigenvalue weighted by molar-refractivity contribution is 1.09. The number of anilines is 1. The van der Waals surface area contributed by atoms with E-state index in [1.807, 2.05) is 0 Å². The topological polar surface area (TPSA) is 12.0 Å². The molecule has 0 heterocycles. The van der Waals surface area contributed by atoms with Gasteiger partial charge in [-0.15, -0.1) is 0 Å². The van der Waals surface area contributed by atoms with Crippen LogP contribution in [0.1, 0.15) is 16.7 Å². The lowest BCUT2D eigenvalue weighted by atomic mass is 10.0. The molecule has 100 valence electrons. The molecule has 0 saturated heterocycles. The summed E-state index contributed by atoms with van der Waals surface area (Å²) >= 11 is 0. The fourth-order valence-electron chi connectivity index (χ4n) is 2.69. The highest BCUT2D eigenvalue weighted by molar-refractivity contribution is 5.93. The molecule has 0 aliphatic rings. The van der Waals surface area contributed by atoms with Crippen LogP contribution in [0.25, 0.3) is 10.8 Å². The number of hydrogen-bond acceptors (Lipinski definition) is 1. The van der Waals surface area contributed by atoms with Crippen LogP contribution >= 0.6 is 0 Å². The zero-order chi connectivity index (χ0) is 13.9. The Morgan fingerprint density at radius 1 is 0.750 bits per heavy atom. The molecular formula is C19H19N. The van der Waals surface area contributed by atoms with E-state index >= 15 is 0 Å². The molecule has 0 amide bonds. The second-order valence-corrected chi connectivity index (χ2v) is 5.25. The van der Waals surface area contributed by atoms with Crippen LogP contribution < -0.4 is 5.32 Å². The van der Waals surface area contributed by atoms with Gasteiger partial charge in [0.05, 0.1) is 0 Å². The molecule has 0 radical (unpaired) electrons. The summed E-state index contributed by atoms with van der Waals surface area (Å²) in [5, 5.41) is 6.14. The van der Waals surface area contributed by atoms with Crippen LogP contribution in [0.5, 0.6) is 0 Å². The SMILES string of the molecule is Cc1cccc(C)c1CNc1cccc2ccccc12. The normalized spacial score (nSPS) is 10.7. The minimum atomic E-state index is 0.868. The van der Waals surface area contributed by atoms with E-state index in [4.69, 9.17) is 0 Å². The van der Waals surface area contributed by atoms with E-state index in [0.29, 0.717) is 0 Å². The summed E-state index contributed by atoms with van der Waals surface area (Å²) in [5.74, 6) is 0. The molecule has 3 rings (SSSR count). The molecule has 20 heavy (non-hydrogen) atoms. The molecule has 0 bridgehead atoms. The lowest BCUT2D eigenvalue weighted by Crippen LogP contribution is -2.03. The van der Waals surface area contributed by atoms with E-state index < -0.39 is 0 Å². The van der Waals surface area contributed by atoms with Crippen molar-refractivity contribution in [2.24, 2.45) is 0 Å². The van der Waals surface area contributed by atoms with Crippen molar-refractivity contribution in [3.63, 3.8) is 0 Å². The van der Waals surface area contributed by atoms with Crippen molar-refractivity contribution < 1.29 is 0 Å². The third-order valence-corrected chi connectivity index (χ3v) is 3.89. The van der Waals surface area contributed by atoms with Gasteiger partial charge in [-0.1, -0.05) is 54.6 Å². The molecule has 0 saturated carbocycles. The molecule has 1 nitrogen and oxygen atoms in total. The minimum absolute atomic E-state index is 0.868. The molecule has 0 aromatic heterocycles. The maximum Gasteiger partial charge on any atom is 0.0422 e. The van der Waals surface area contributed by atoms with E-state index in [-0.39, 0.29) is 0 Å². The Morgan fingerprint density at radius 2 is 1.40 bits per heavy atom. The smallest absolute Gasteiger partial charge is 0.0422 e. The quantitative estimate of drug-likeness (QED) is 0.694. The standard InChI is InChI=1S/C19H19N/c1-14-7-5-8-15(2)18(14)13-20-19-12-6-10-16-9-3-4-11-17(16)19/h3-12,20H,13H2,1-2H3. The largest absolute Gasteiger partial charge is 0.380 e. The molecule has 0 spiro atoms. The molecule has 3 aromatic carbocycles. The summed E-state index contributed by atoms with van der Waals surface area (Å²) in [6, 6.07) is 21.4. The Kier molecular flexibility index (Phi) is 3.42. The van der Waals surface area contributed by atoms with Gasteiger partial charge in [-0.05, 0) is 42.0 Å². The molecular weight excluding hydrogens is 242 g/mol. The summed E-state index contributed by atoms with van der Waals surface area (Å²) in [5.41, 5.74) is 5.28. The summed E-state index contributed by atoms with van der Waals surface area (Å²) < 4.78 is 0. The maximum atomic E-state index is 3.59. The van der Waals surface area contributed by atoms with Gasteiger partial charge in [-0.25, -0.2) is 0 Å². The Hall–Kier alpha value is -2.28. The summed E-state index contributed by atoms with van der Waals surface area (Å²) in [4.78, 5) is 0. The van der Waals surface area contributed by atoms with Gasteiger partial charge in [-0.3, -0.25) is 0 Å². The zero-order valence-corrected chi connectivity index (χ0v) is 12.0. The lowest BCUT2D eigenvalue weighted by Gasteiger charge is -2.13. The van der Waals surface area contributed by atoms with Crippen molar-refractivity contribution in [3.8, 4) is 0 Å². The molecule has 0 aliphatic heterocycles. The highest BCUT2D eigenvalue weighted by Gasteiger charge is 2.03. The van der Waals surface area contributed by atoms with Crippen LogP contribution in [-0.4, -0.2) is 0 Å². The van der Waals surface area contributed by atoms with Gasteiger partial charge in [0.1, 0.15) is 0 Å². The third kappa shape index (κ3) is 2.39. The van der Waals surface area contributed by atoms with Crippen LogP contribution in [0.4, 0.5) is 5.69 Å². The van der Waals surface area contributed by atoms with E-state index in [1.54, 1.807) is 0 Å². The molecule has 0 fully saturated rings. The highest BCUT2D eigenvalue weighted by atomic mass is 14.9. The van der Waals surface area contributed by atoms with Crippen LogP contribution in [0.15, 0.2) is 60.7 Å². The van der Waals surface area contributed by atoms with Crippen LogP contribution in [-0.2, 0) is 6.54 Å². The Balaban J connectivity index is 1.91. The van der Waals surface area contributed by atoms with E-state index in [0.717, 1.165) is 6.54 Å². The predicted octanol–water partition coefficient (Wildman–Crippen LogP) is 5.07. The summed E-state index contributed by atoms with van der Waals surface area (Å²) in [6.45, 7) is 5.22. The average Bonchev–Trinajstić information content (AvgIpc) is 2.47. The van der Waals surface area contributed by atoms with Gasteiger partial charge in [0.25, 0.3) is 0 Å². The van der Waals surface area contributed by atoms with E-state index in [1.165, 1.54) is 33.2 Å². The first-order valence-electron chi connectivity index (χ1n) is 7.02. The first kappa shape index (κ1) is 12.7. The second kappa shape index (κ2) is 5.38. The monoisotopic (exact) mass is 261 g/mol. The zero-order valence-electron chi connectivity index (χ0n) is 12.0. The molecule has 1 heteroatoms. The summed E-state index contributed by atoms with van der Waals surface area (Å²) in [7, 11) is 0. The minimum Gasteiger partial charge on any atom is -0.380 e. The van der Waals surface area contributed by atoms with Crippen molar-refractivity contribution in [2.75, 3.05) is 5.32 Å². The first-order valence-corrected chi connectivity index (χ1v) is 7.02. The maximum absolute atomic E-state index is 3.59. The Morgan fingerprint density at radius 3 is 2.20 bits per heavy atom. The van der Waals surface area contributed by atoms with Crippen molar-refractivity contribution in [1.82, 2.24) is 0 Å². The van der Waals surface area contributed by atoms with Crippen LogP contribution in [0.2, 0.25) is 0 Å². The van der Waals surface area contributed by atoms with Crippen LogP contribution in [0, 0.1) is 13.8 Å². The van der Waals surface area contributed by atoms with Gasteiger partial charge in [0, 0.05) is 17.6 Å². The van der Waals surface area contributed by atoms with Crippen molar-refractivity contribution in [3.05, 3.63) is 77.4 Å². The number of fused-ring (bicyclic) bond motifs is 1. The predicted molar refractivity (Wildman–Crippen MR) is 87.2 cm³/mol. The van der Waals surface area contributed by atoms with E-state index in [2.05, 4.69) is 79.8 Å². The number of nitrogens with one attached hydrogen (secondary N) is 1. The Labute approximate surface area is 120 Å².